The van der Waals surface area contributed by atoms with E-state index in [1.54, 1.807) is 13.8 Å². The summed E-state index contributed by atoms with van der Waals surface area (Å²) in [5.41, 5.74) is -0.107. The lowest BCUT2D eigenvalue weighted by atomic mass is 9.85. The minimum absolute atomic E-state index is 0.152. The highest BCUT2D eigenvalue weighted by atomic mass is 35.5. The molecule has 2 aromatic carbocycles. The summed E-state index contributed by atoms with van der Waals surface area (Å²) >= 11 is 11.5. The van der Waals surface area contributed by atoms with Crippen LogP contribution in [0.3, 0.4) is 0 Å². The number of rotatable bonds is 4. The molecular formula is C20H15Cl2F2NO3. The third kappa shape index (κ3) is 3.31. The summed E-state index contributed by atoms with van der Waals surface area (Å²) in [6.45, 7) is 3.17. The zero-order valence-electron chi connectivity index (χ0n) is 14.9. The highest BCUT2D eigenvalue weighted by Crippen LogP contribution is 2.43. The van der Waals surface area contributed by atoms with Crippen LogP contribution in [0.4, 0.5) is 14.5 Å². The molecule has 146 valence electrons. The summed E-state index contributed by atoms with van der Waals surface area (Å²) in [6, 6.07) is 6.45. The van der Waals surface area contributed by atoms with Gasteiger partial charge in [0, 0.05) is 5.92 Å². The number of Topliss-reactive ketones (excluding diaryl/α,β-unsaturated/α-hetero) is 2. The van der Waals surface area contributed by atoms with E-state index in [4.69, 9.17) is 23.2 Å². The largest absolute Gasteiger partial charge is 0.298 e. The molecule has 0 aromatic heterocycles. The Morgan fingerprint density at radius 2 is 1.75 bits per heavy atom. The molecule has 1 saturated heterocycles. The van der Waals surface area contributed by atoms with Crippen molar-refractivity contribution in [1.29, 1.82) is 0 Å². The van der Waals surface area contributed by atoms with E-state index in [0.29, 0.717) is 0 Å². The fraction of sp³-hybridized carbons (Fsp3) is 0.250. The van der Waals surface area contributed by atoms with Crippen molar-refractivity contribution >= 4 is 46.4 Å². The maximum atomic E-state index is 14.7. The van der Waals surface area contributed by atoms with Crippen molar-refractivity contribution in [2.45, 2.75) is 19.9 Å². The van der Waals surface area contributed by atoms with Gasteiger partial charge in [0.15, 0.2) is 5.82 Å². The molecule has 1 fully saturated rings. The van der Waals surface area contributed by atoms with Gasteiger partial charge in [-0.25, -0.2) is 8.78 Å². The lowest BCUT2D eigenvalue weighted by Crippen LogP contribution is -2.32. The number of halogens is 4. The quantitative estimate of drug-likeness (QED) is 0.523. The Hall–Kier alpha value is -2.31. The first kappa shape index (κ1) is 20.4. The van der Waals surface area contributed by atoms with E-state index in [1.165, 1.54) is 30.3 Å². The van der Waals surface area contributed by atoms with Crippen LogP contribution in [-0.4, -0.2) is 17.5 Å². The predicted octanol–water partition coefficient (Wildman–Crippen LogP) is 4.77. The average Bonchev–Trinajstić information content (AvgIpc) is 2.90. The Morgan fingerprint density at radius 3 is 2.36 bits per heavy atom. The molecule has 3 rings (SSSR count). The SMILES string of the molecule is CC(C)C(=O)C1C(=O)C(=O)N(c2cccc(Cl)c2F)C1c1ccc(Cl)c(F)c1. The molecule has 0 aliphatic carbocycles. The van der Waals surface area contributed by atoms with Crippen LogP contribution >= 0.6 is 23.2 Å². The number of amides is 1. The van der Waals surface area contributed by atoms with Gasteiger partial charge in [0.1, 0.15) is 17.5 Å². The number of benzene rings is 2. The van der Waals surface area contributed by atoms with Crippen LogP contribution in [0.1, 0.15) is 25.5 Å². The van der Waals surface area contributed by atoms with Gasteiger partial charge in [-0.05, 0) is 29.8 Å². The van der Waals surface area contributed by atoms with Gasteiger partial charge in [-0.1, -0.05) is 49.2 Å². The Bertz CT molecular complexity index is 993. The molecule has 0 spiro atoms. The van der Waals surface area contributed by atoms with Gasteiger partial charge in [0.05, 0.1) is 21.8 Å². The van der Waals surface area contributed by atoms with E-state index in [-0.39, 0.29) is 21.3 Å². The summed E-state index contributed by atoms with van der Waals surface area (Å²) < 4.78 is 28.7. The van der Waals surface area contributed by atoms with Crippen molar-refractivity contribution < 1.29 is 23.2 Å². The lowest BCUT2D eigenvalue weighted by Gasteiger charge is -2.28. The number of ketones is 2. The normalized spacial score (nSPS) is 19.6. The van der Waals surface area contributed by atoms with Crippen molar-refractivity contribution in [1.82, 2.24) is 0 Å². The molecule has 0 saturated carbocycles. The van der Waals surface area contributed by atoms with Gasteiger partial charge >= 0.3 is 0 Å². The summed E-state index contributed by atoms with van der Waals surface area (Å²) in [5, 5.41) is -0.413. The number of carbonyl (C=O) groups is 3. The Balaban J connectivity index is 2.25. The van der Waals surface area contributed by atoms with Crippen LogP contribution in [0.2, 0.25) is 10.0 Å². The summed E-state index contributed by atoms with van der Waals surface area (Å²) in [6.07, 6.45) is 0. The lowest BCUT2D eigenvalue weighted by molar-refractivity contribution is -0.139. The molecule has 8 heteroatoms. The maximum absolute atomic E-state index is 14.7. The van der Waals surface area contributed by atoms with E-state index < -0.39 is 47.0 Å². The molecule has 0 N–H and O–H groups in total. The number of hydrogen-bond donors (Lipinski definition) is 0. The minimum atomic E-state index is -1.40. The third-order valence-corrected chi connectivity index (χ3v) is 5.26. The van der Waals surface area contributed by atoms with Crippen LogP contribution in [0.25, 0.3) is 0 Å². The predicted molar refractivity (Wildman–Crippen MR) is 101 cm³/mol. The standard InChI is InChI=1S/C20H15Cl2F2NO3/c1-9(2)18(26)15-17(10-6-7-11(21)13(23)8-10)25(20(28)19(15)27)14-5-3-4-12(22)16(14)24/h3-9,15,17H,1-2H3. The summed E-state index contributed by atoms with van der Waals surface area (Å²) in [5.74, 6) is -6.18. The van der Waals surface area contributed by atoms with Crippen LogP contribution < -0.4 is 4.90 Å². The third-order valence-electron chi connectivity index (χ3n) is 4.66. The molecular weight excluding hydrogens is 411 g/mol. The molecule has 1 aliphatic rings. The van der Waals surface area contributed by atoms with E-state index in [0.717, 1.165) is 11.0 Å². The topological polar surface area (TPSA) is 54.5 Å². The second-order valence-electron chi connectivity index (χ2n) is 6.77. The van der Waals surface area contributed by atoms with Crippen LogP contribution in [0.5, 0.6) is 0 Å². The van der Waals surface area contributed by atoms with E-state index >= 15 is 0 Å². The van der Waals surface area contributed by atoms with Gasteiger partial charge in [0.25, 0.3) is 5.91 Å². The van der Waals surface area contributed by atoms with Gasteiger partial charge in [0.2, 0.25) is 5.78 Å². The Labute approximate surface area is 170 Å². The fourth-order valence-corrected chi connectivity index (χ4v) is 3.58. The molecule has 28 heavy (non-hydrogen) atoms. The number of anilines is 1. The van der Waals surface area contributed by atoms with E-state index in [1.807, 2.05) is 0 Å². The minimum Gasteiger partial charge on any atom is -0.298 e. The van der Waals surface area contributed by atoms with Crippen molar-refractivity contribution in [3.05, 3.63) is 63.6 Å². The highest BCUT2D eigenvalue weighted by Gasteiger charge is 2.53. The molecule has 0 radical (unpaired) electrons. The monoisotopic (exact) mass is 425 g/mol. The zero-order valence-corrected chi connectivity index (χ0v) is 16.4. The van der Waals surface area contributed by atoms with Gasteiger partial charge in [-0.3, -0.25) is 19.3 Å². The van der Waals surface area contributed by atoms with Crippen LogP contribution in [-0.2, 0) is 14.4 Å². The fourth-order valence-electron chi connectivity index (χ4n) is 3.29. The maximum Gasteiger partial charge on any atom is 0.295 e. The van der Waals surface area contributed by atoms with Crippen molar-refractivity contribution in [3.63, 3.8) is 0 Å². The van der Waals surface area contributed by atoms with Crippen LogP contribution in [0, 0.1) is 23.5 Å². The average molecular weight is 426 g/mol. The number of nitrogens with zero attached hydrogens (tertiary/aromatic N) is 1. The molecule has 2 atom stereocenters. The van der Waals surface area contributed by atoms with Crippen molar-refractivity contribution in [2.75, 3.05) is 4.90 Å². The summed E-state index contributed by atoms with van der Waals surface area (Å²) in [7, 11) is 0. The van der Waals surface area contributed by atoms with Gasteiger partial charge in [-0.15, -0.1) is 0 Å². The zero-order chi connectivity index (χ0) is 20.7. The number of carbonyl (C=O) groups excluding carboxylic acids is 3. The second kappa shape index (κ2) is 7.60. The molecule has 1 amide bonds. The Kier molecular flexibility index (Phi) is 5.55. The molecule has 2 unspecified atom stereocenters. The molecule has 0 bridgehead atoms. The Morgan fingerprint density at radius 1 is 1.07 bits per heavy atom. The smallest absolute Gasteiger partial charge is 0.295 e. The van der Waals surface area contributed by atoms with Gasteiger partial charge in [-0.2, -0.15) is 0 Å². The van der Waals surface area contributed by atoms with Crippen LogP contribution in [0.15, 0.2) is 36.4 Å². The first-order valence-electron chi connectivity index (χ1n) is 8.45. The first-order chi connectivity index (χ1) is 13.1. The molecule has 1 aliphatic heterocycles. The molecule has 1 heterocycles. The van der Waals surface area contributed by atoms with E-state index in [2.05, 4.69) is 0 Å². The number of hydrogen-bond acceptors (Lipinski definition) is 3. The highest BCUT2D eigenvalue weighted by molar-refractivity contribution is 6.48. The van der Waals surface area contributed by atoms with Gasteiger partial charge < -0.3 is 0 Å². The van der Waals surface area contributed by atoms with E-state index in [9.17, 15) is 23.2 Å². The molecule has 2 aromatic rings. The first-order valence-corrected chi connectivity index (χ1v) is 9.20. The molecule has 4 nitrogen and oxygen atoms in total. The second-order valence-corrected chi connectivity index (χ2v) is 7.58. The summed E-state index contributed by atoms with van der Waals surface area (Å²) in [4.78, 5) is 39.0. The van der Waals surface area contributed by atoms with Crippen molar-refractivity contribution in [2.24, 2.45) is 11.8 Å². The van der Waals surface area contributed by atoms with Crippen molar-refractivity contribution in [3.8, 4) is 0 Å².